The number of aryl methyl sites for hydroxylation is 1. The van der Waals surface area contributed by atoms with E-state index in [1.54, 1.807) is 0 Å². The van der Waals surface area contributed by atoms with Gasteiger partial charge in [0.2, 0.25) is 11.5 Å². The molecule has 0 saturated heterocycles. The van der Waals surface area contributed by atoms with E-state index >= 15 is 0 Å². The number of hydrogen-bond donors (Lipinski definition) is 2. The Morgan fingerprint density at radius 3 is 2.39 bits per heavy atom. The van der Waals surface area contributed by atoms with Crippen LogP contribution < -0.4 is 5.32 Å². The number of halogens is 3. The van der Waals surface area contributed by atoms with Gasteiger partial charge >= 0.3 is 6.18 Å². The highest BCUT2D eigenvalue weighted by Gasteiger charge is 2.58. The summed E-state index contributed by atoms with van der Waals surface area (Å²) >= 11 is 0. The molecule has 2 aromatic rings. The minimum absolute atomic E-state index is 0.189. The van der Waals surface area contributed by atoms with Crippen molar-refractivity contribution < 1.29 is 23.1 Å². The molecule has 3 rings (SSSR count). The first kappa shape index (κ1) is 20.4. The highest BCUT2D eigenvalue weighted by atomic mass is 19.4. The lowest BCUT2D eigenvalue weighted by Gasteiger charge is -2.32. The van der Waals surface area contributed by atoms with Crippen molar-refractivity contribution in [1.29, 1.82) is 0 Å². The van der Waals surface area contributed by atoms with Crippen LogP contribution in [-0.2, 0) is 17.4 Å². The first-order valence-electron chi connectivity index (χ1n) is 9.32. The lowest BCUT2D eigenvalue weighted by Crippen LogP contribution is -2.49. The fourth-order valence-electron chi connectivity index (χ4n) is 3.88. The minimum atomic E-state index is -5.02. The van der Waals surface area contributed by atoms with Crippen LogP contribution in [0.15, 0.2) is 42.7 Å². The molecule has 1 amide bonds. The number of carbonyl (C=O) groups is 1. The van der Waals surface area contributed by atoms with Crippen LogP contribution >= 0.6 is 0 Å². The second kappa shape index (κ2) is 7.95. The normalized spacial score (nSPS) is 22.5. The maximum absolute atomic E-state index is 13.5. The van der Waals surface area contributed by atoms with Crippen LogP contribution in [-0.4, -0.2) is 32.8 Å². The number of aromatic nitrogens is 2. The van der Waals surface area contributed by atoms with E-state index in [1.165, 1.54) is 18.8 Å². The van der Waals surface area contributed by atoms with Gasteiger partial charge in [-0.2, -0.15) is 13.2 Å². The van der Waals surface area contributed by atoms with E-state index < -0.39 is 29.9 Å². The van der Waals surface area contributed by atoms with Gasteiger partial charge < -0.3 is 15.0 Å². The van der Waals surface area contributed by atoms with Crippen molar-refractivity contribution in [3.05, 3.63) is 54.1 Å². The molecule has 1 aromatic carbocycles. The summed E-state index contributed by atoms with van der Waals surface area (Å²) in [7, 11) is 1.35. The van der Waals surface area contributed by atoms with Crippen molar-refractivity contribution in [2.75, 3.05) is 0 Å². The van der Waals surface area contributed by atoms with Crippen LogP contribution in [0.3, 0.4) is 0 Å². The molecule has 1 aliphatic rings. The number of amides is 1. The van der Waals surface area contributed by atoms with Crippen LogP contribution in [0, 0.1) is 0 Å². The molecule has 8 heteroatoms. The highest BCUT2D eigenvalue weighted by Crippen LogP contribution is 2.41. The zero-order chi connectivity index (χ0) is 20.4. The third-order valence-corrected chi connectivity index (χ3v) is 5.44. The van der Waals surface area contributed by atoms with Gasteiger partial charge in [-0.1, -0.05) is 30.3 Å². The number of nitrogens with zero attached hydrogens (tertiary/aromatic N) is 2. The van der Waals surface area contributed by atoms with Crippen molar-refractivity contribution in [1.82, 2.24) is 14.9 Å². The number of imidazole rings is 1. The quantitative estimate of drug-likeness (QED) is 0.816. The summed E-state index contributed by atoms with van der Waals surface area (Å²) in [6, 6.07) is 9.88. The molecule has 0 aliphatic heterocycles. The number of nitrogens with one attached hydrogen (secondary N) is 1. The first-order chi connectivity index (χ1) is 13.2. The van der Waals surface area contributed by atoms with Gasteiger partial charge in [0.15, 0.2) is 5.82 Å². The second-order valence-corrected chi connectivity index (χ2v) is 7.42. The van der Waals surface area contributed by atoms with Gasteiger partial charge in [-0.15, -0.1) is 0 Å². The summed E-state index contributed by atoms with van der Waals surface area (Å²) in [4.78, 5) is 15.9. The van der Waals surface area contributed by atoms with Gasteiger partial charge in [0.1, 0.15) is 0 Å². The Bertz CT molecular complexity index is 799. The molecule has 1 saturated carbocycles. The number of benzene rings is 1. The second-order valence-electron chi connectivity index (χ2n) is 7.42. The Morgan fingerprint density at radius 1 is 1.21 bits per heavy atom. The molecule has 5 nitrogen and oxygen atoms in total. The van der Waals surface area contributed by atoms with Crippen LogP contribution in [0.1, 0.15) is 49.4 Å². The van der Waals surface area contributed by atoms with Crippen LogP contribution in [0.2, 0.25) is 0 Å². The molecule has 1 atom stereocenters. The minimum Gasteiger partial charge on any atom is -0.374 e. The Hall–Kier alpha value is -2.35. The van der Waals surface area contributed by atoms with Gasteiger partial charge in [-0.05, 0) is 37.2 Å². The van der Waals surface area contributed by atoms with E-state index in [1.807, 2.05) is 18.2 Å². The summed E-state index contributed by atoms with van der Waals surface area (Å²) in [5, 5.41) is 13.0. The first-order valence-corrected chi connectivity index (χ1v) is 9.32. The van der Waals surface area contributed by atoms with E-state index in [4.69, 9.17) is 0 Å². The molecule has 152 valence electrons. The van der Waals surface area contributed by atoms with Gasteiger partial charge in [-0.3, -0.25) is 4.79 Å². The van der Waals surface area contributed by atoms with E-state index in [2.05, 4.69) is 22.4 Å². The van der Waals surface area contributed by atoms with Crippen molar-refractivity contribution in [3.8, 4) is 0 Å². The van der Waals surface area contributed by atoms with Gasteiger partial charge in [-0.25, -0.2) is 4.98 Å². The van der Waals surface area contributed by atoms with Crippen LogP contribution in [0.5, 0.6) is 0 Å². The molecule has 2 N–H and O–H groups in total. The van der Waals surface area contributed by atoms with Crippen LogP contribution in [0.25, 0.3) is 0 Å². The van der Waals surface area contributed by atoms with E-state index in [-0.39, 0.29) is 6.04 Å². The average Bonchev–Trinajstić information content (AvgIpc) is 3.08. The standard InChI is InChI=1S/C20H24F3N3O2/c1-26-12-11-24-18(26)19(28,20(21,22)23)13-17(27)25-16-9-7-15(8-10-16)14-5-3-2-4-6-14/h2-6,11-12,15-16,28H,7-10,13H2,1H3,(H,25,27). The molecule has 1 aliphatic carbocycles. The SMILES string of the molecule is Cn1ccnc1C(O)(CC(=O)NC1CCC(c2ccccc2)CC1)C(F)(F)F. The summed E-state index contributed by atoms with van der Waals surface area (Å²) in [5.74, 6) is -1.03. The molecular weight excluding hydrogens is 371 g/mol. The van der Waals surface area contributed by atoms with E-state index in [0.717, 1.165) is 23.6 Å². The summed E-state index contributed by atoms with van der Waals surface area (Å²) in [5.41, 5.74) is -2.08. The lowest BCUT2D eigenvalue weighted by atomic mass is 9.81. The van der Waals surface area contributed by atoms with Crippen LogP contribution in [0.4, 0.5) is 13.2 Å². The fraction of sp³-hybridized carbons (Fsp3) is 0.500. The zero-order valence-corrected chi connectivity index (χ0v) is 15.6. The zero-order valence-electron chi connectivity index (χ0n) is 15.6. The number of aliphatic hydroxyl groups is 1. The third kappa shape index (κ3) is 4.22. The Balaban J connectivity index is 1.61. The molecule has 1 unspecified atom stereocenters. The fourth-order valence-corrected chi connectivity index (χ4v) is 3.88. The predicted octanol–water partition coefficient (Wildman–Crippen LogP) is 3.40. The Kier molecular flexibility index (Phi) is 5.79. The maximum Gasteiger partial charge on any atom is 0.425 e. The molecule has 28 heavy (non-hydrogen) atoms. The monoisotopic (exact) mass is 395 g/mol. The van der Waals surface area contributed by atoms with Crippen molar-refractivity contribution in [2.24, 2.45) is 7.05 Å². The molecule has 0 spiro atoms. The Labute approximate surface area is 161 Å². The molecular formula is C20H24F3N3O2. The molecule has 0 radical (unpaired) electrons. The van der Waals surface area contributed by atoms with E-state index in [0.29, 0.717) is 18.8 Å². The number of carbonyl (C=O) groups excluding carboxylic acids is 1. The summed E-state index contributed by atoms with van der Waals surface area (Å²) in [6.45, 7) is 0. The lowest BCUT2D eigenvalue weighted by molar-refractivity contribution is -0.271. The molecule has 1 aromatic heterocycles. The smallest absolute Gasteiger partial charge is 0.374 e. The van der Waals surface area contributed by atoms with Crippen molar-refractivity contribution in [3.63, 3.8) is 0 Å². The Morgan fingerprint density at radius 2 is 1.86 bits per heavy atom. The number of rotatable bonds is 5. The van der Waals surface area contributed by atoms with E-state index in [9.17, 15) is 23.1 Å². The summed E-state index contributed by atoms with van der Waals surface area (Å²) < 4.78 is 41.7. The van der Waals surface area contributed by atoms with Crippen molar-refractivity contribution >= 4 is 5.91 Å². The topological polar surface area (TPSA) is 67.1 Å². The van der Waals surface area contributed by atoms with Crippen molar-refractivity contribution in [2.45, 2.75) is 55.8 Å². The largest absolute Gasteiger partial charge is 0.425 e. The molecule has 1 fully saturated rings. The number of hydrogen-bond acceptors (Lipinski definition) is 3. The van der Waals surface area contributed by atoms with Gasteiger partial charge in [0, 0.05) is 25.5 Å². The summed E-state index contributed by atoms with van der Waals surface area (Å²) in [6.07, 6.45) is -0.565. The molecule has 1 heterocycles. The highest BCUT2D eigenvalue weighted by molar-refractivity contribution is 5.77. The predicted molar refractivity (Wildman–Crippen MR) is 97.4 cm³/mol. The third-order valence-electron chi connectivity index (χ3n) is 5.44. The number of alkyl halides is 3. The maximum atomic E-state index is 13.5. The van der Waals surface area contributed by atoms with Gasteiger partial charge in [0.25, 0.3) is 0 Å². The van der Waals surface area contributed by atoms with Gasteiger partial charge in [0.05, 0.1) is 6.42 Å². The molecule has 0 bridgehead atoms. The average molecular weight is 395 g/mol.